The highest BCUT2D eigenvalue weighted by atomic mass is 19.2. The first-order chi connectivity index (χ1) is 8.22. The molecule has 1 heterocycles. The molecule has 92 valence electrons. The van der Waals surface area contributed by atoms with Crippen LogP contribution in [0.4, 0.5) is 8.78 Å². The molecule has 3 rings (SSSR count). The molecule has 1 N–H and O–H groups in total. The van der Waals surface area contributed by atoms with Gasteiger partial charge in [0.25, 0.3) is 0 Å². The number of benzene rings is 1. The highest BCUT2D eigenvalue weighted by Crippen LogP contribution is 2.36. The summed E-state index contributed by atoms with van der Waals surface area (Å²) in [6, 6.07) is 3.73. The van der Waals surface area contributed by atoms with Crippen molar-refractivity contribution in [2.75, 3.05) is 13.1 Å². The Bertz CT molecular complexity index is 412. The van der Waals surface area contributed by atoms with E-state index in [0.29, 0.717) is 17.6 Å². The van der Waals surface area contributed by atoms with Gasteiger partial charge in [0, 0.05) is 6.07 Å². The fourth-order valence-corrected chi connectivity index (χ4v) is 2.95. The summed E-state index contributed by atoms with van der Waals surface area (Å²) >= 11 is 0. The lowest BCUT2D eigenvalue weighted by atomic mass is 10.0. The quantitative estimate of drug-likeness (QED) is 0.855. The largest absolute Gasteiger partial charge is 0.490 e. The summed E-state index contributed by atoms with van der Waals surface area (Å²) in [6.07, 6.45) is 2.17. The van der Waals surface area contributed by atoms with E-state index >= 15 is 0 Å². The van der Waals surface area contributed by atoms with Crippen LogP contribution >= 0.6 is 0 Å². The molecule has 1 aromatic carbocycles. The molecule has 0 radical (unpaired) electrons. The van der Waals surface area contributed by atoms with Crippen LogP contribution in [0.15, 0.2) is 18.2 Å². The molecule has 0 spiro atoms. The third-order valence-electron chi connectivity index (χ3n) is 3.80. The molecule has 2 nitrogen and oxygen atoms in total. The molecule has 1 saturated carbocycles. The minimum absolute atomic E-state index is 0.150. The fourth-order valence-electron chi connectivity index (χ4n) is 2.95. The van der Waals surface area contributed by atoms with Crippen molar-refractivity contribution in [3.05, 3.63) is 29.8 Å². The summed E-state index contributed by atoms with van der Waals surface area (Å²) < 4.78 is 31.5. The van der Waals surface area contributed by atoms with E-state index in [1.54, 1.807) is 0 Å². The Labute approximate surface area is 99.0 Å². The summed E-state index contributed by atoms with van der Waals surface area (Å²) in [5.74, 6) is 0.129. The highest BCUT2D eigenvalue weighted by Gasteiger charge is 2.38. The van der Waals surface area contributed by atoms with Gasteiger partial charge in [-0.05, 0) is 49.9 Å². The van der Waals surface area contributed by atoms with E-state index in [2.05, 4.69) is 5.32 Å². The summed E-state index contributed by atoms with van der Waals surface area (Å²) in [6.45, 7) is 2.12. The van der Waals surface area contributed by atoms with E-state index in [9.17, 15) is 8.78 Å². The van der Waals surface area contributed by atoms with Gasteiger partial charge in [0.05, 0.1) is 6.10 Å². The lowest BCUT2D eigenvalue weighted by molar-refractivity contribution is 0.198. The number of rotatable bonds is 2. The van der Waals surface area contributed by atoms with Gasteiger partial charge in [0.1, 0.15) is 5.75 Å². The Hall–Kier alpha value is -1.16. The summed E-state index contributed by atoms with van der Waals surface area (Å²) in [4.78, 5) is 0. The van der Waals surface area contributed by atoms with Gasteiger partial charge in [-0.3, -0.25) is 0 Å². The maximum Gasteiger partial charge on any atom is 0.162 e. The number of hydrogen-bond acceptors (Lipinski definition) is 2. The van der Waals surface area contributed by atoms with Crippen molar-refractivity contribution in [1.82, 2.24) is 5.32 Å². The lowest BCUT2D eigenvalue weighted by Crippen LogP contribution is -2.18. The second-order valence-electron chi connectivity index (χ2n) is 4.97. The van der Waals surface area contributed by atoms with Gasteiger partial charge >= 0.3 is 0 Å². The van der Waals surface area contributed by atoms with E-state index in [1.165, 1.54) is 6.07 Å². The number of halogens is 2. The van der Waals surface area contributed by atoms with E-state index in [1.807, 2.05) is 0 Å². The molecule has 1 saturated heterocycles. The third kappa shape index (κ3) is 2.14. The van der Waals surface area contributed by atoms with Crippen LogP contribution in [-0.2, 0) is 0 Å². The number of ether oxygens (including phenoxy) is 1. The molecule has 0 unspecified atom stereocenters. The molecule has 0 bridgehead atoms. The molecule has 3 atom stereocenters. The summed E-state index contributed by atoms with van der Waals surface area (Å²) in [5, 5.41) is 3.36. The standard InChI is InChI=1S/C13H15F2NO/c14-12-2-1-10(5-13(12)15)17-11-3-8-6-16-7-9(8)4-11/h1-2,5,8-9,11,16H,3-4,6-7H2/t8-,9+,11+. The lowest BCUT2D eigenvalue weighted by Gasteiger charge is -2.14. The second-order valence-corrected chi connectivity index (χ2v) is 4.97. The van der Waals surface area contributed by atoms with Crippen LogP contribution in [0.25, 0.3) is 0 Å². The van der Waals surface area contributed by atoms with Gasteiger partial charge in [-0.1, -0.05) is 0 Å². The normalized spacial score (nSPS) is 31.5. The SMILES string of the molecule is Fc1ccc(O[C@@H]2C[C@H]3CNC[C@H]3C2)cc1F. The first-order valence-electron chi connectivity index (χ1n) is 6.05. The van der Waals surface area contributed by atoms with Crippen molar-refractivity contribution in [2.24, 2.45) is 11.8 Å². The molecule has 2 fully saturated rings. The topological polar surface area (TPSA) is 21.3 Å². The number of nitrogens with one attached hydrogen (secondary N) is 1. The Kier molecular flexibility index (Phi) is 2.74. The van der Waals surface area contributed by atoms with Crippen LogP contribution in [-0.4, -0.2) is 19.2 Å². The van der Waals surface area contributed by atoms with Crippen molar-refractivity contribution < 1.29 is 13.5 Å². The minimum atomic E-state index is -0.845. The van der Waals surface area contributed by atoms with E-state index in [0.717, 1.165) is 38.1 Å². The van der Waals surface area contributed by atoms with Gasteiger partial charge in [-0.15, -0.1) is 0 Å². The average Bonchev–Trinajstić information content (AvgIpc) is 2.84. The van der Waals surface area contributed by atoms with Gasteiger partial charge in [0.15, 0.2) is 11.6 Å². The van der Waals surface area contributed by atoms with Crippen molar-refractivity contribution in [2.45, 2.75) is 18.9 Å². The van der Waals surface area contributed by atoms with Crippen molar-refractivity contribution in [3.63, 3.8) is 0 Å². The van der Waals surface area contributed by atoms with Crippen molar-refractivity contribution in [3.8, 4) is 5.75 Å². The molecule has 0 amide bonds. The molecule has 17 heavy (non-hydrogen) atoms. The molecular weight excluding hydrogens is 224 g/mol. The van der Waals surface area contributed by atoms with Crippen LogP contribution in [0.3, 0.4) is 0 Å². The fraction of sp³-hybridized carbons (Fsp3) is 0.538. The van der Waals surface area contributed by atoms with Crippen LogP contribution in [0.1, 0.15) is 12.8 Å². The molecule has 1 aromatic rings. The Morgan fingerprint density at radius 2 is 1.76 bits per heavy atom. The van der Waals surface area contributed by atoms with Gasteiger partial charge < -0.3 is 10.1 Å². The van der Waals surface area contributed by atoms with Crippen molar-refractivity contribution in [1.29, 1.82) is 0 Å². The van der Waals surface area contributed by atoms with Crippen LogP contribution in [0.2, 0.25) is 0 Å². The smallest absolute Gasteiger partial charge is 0.162 e. The first-order valence-corrected chi connectivity index (χ1v) is 6.05. The molecular formula is C13H15F2NO. The summed E-state index contributed by atoms with van der Waals surface area (Å²) in [7, 11) is 0. The summed E-state index contributed by atoms with van der Waals surface area (Å²) in [5.41, 5.74) is 0. The minimum Gasteiger partial charge on any atom is -0.490 e. The van der Waals surface area contributed by atoms with Crippen LogP contribution < -0.4 is 10.1 Å². The van der Waals surface area contributed by atoms with E-state index in [-0.39, 0.29) is 6.10 Å². The second kappa shape index (κ2) is 4.26. The predicted molar refractivity (Wildman–Crippen MR) is 59.9 cm³/mol. The molecule has 0 aromatic heterocycles. The zero-order chi connectivity index (χ0) is 11.8. The zero-order valence-corrected chi connectivity index (χ0v) is 9.46. The number of fused-ring (bicyclic) bond motifs is 1. The Morgan fingerprint density at radius 3 is 2.41 bits per heavy atom. The van der Waals surface area contributed by atoms with Crippen LogP contribution in [0, 0.1) is 23.5 Å². The number of hydrogen-bond donors (Lipinski definition) is 1. The molecule has 1 aliphatic heterocycles. The Morgan fingerprint density at radius 1 is 1.06 bits per heavy atom. The van der Waals surface area contributed by atoms with Crippen LogP contribution in [0.5, 0.6) is 5.75 Å². The average molecular weight is 239 g/mol. The van der Waals surface area contributed by atoms with Gasteiger partial charge in [-0.2, -0.15) is 0 Å². The predicted octanol–water partition coefficient (Wildman–Crippen LogP) is 2.34. The highest BCUT2D eigenvalue weighted by molar-refractivity contribution is 5.24. The monoisotopic (exact) mass is 239 g/mol. The van der Waals surface area contributed by atoms with Crippen molar-refractivity contribution >= 4 is 0 Å². The maximum absolute atomic E-state index is 13.0. The first kappa shape index (κ1) is 11.0. The third-order valence-corrected chi connectivity index (χ3v) is 3.80. The molecule has 1 aliphatic carbocycles. The molecule has 2 aliphatic rings. The zero-order valence-electron chi connectivity index (χ0n) is 9.46. The van der Waals surface area contributed by atoms with Gasteiger partial charge in [0.2, 0.25) is 0 Å². The van der Waals surface area contributed by atoms with E-state index < -0.39 is 11.6 Å². The maximum atomic E-state index is 13.0. The molecule has 4 heteroatoms. The Balaban J connectivity index is 1.65. The van der Waals surface area contributed by atoms with Gasteiger partial charge in [-0.25, -0.2) is 8.78 Å². The van der Waals surface area contributed by atoms with E-state index in [4.69, 9.17) is 4.74 Å².